The van der Waals surface area contributed by atoms with Crippen molar-refractivity contribution >= 4 is 21.5 Å². The van der Waals surface area contributed by atoms with Gasteiger partial charge in [-0.3, -0.25) is 0 Å². The van der Waals surface area contributed by atoms with Crippen LogP contribution in [0.2, 0.25) is 0 Å². The zero-order chi connectivity index (χ0) is 26.8. The molecule has 5 rings (SSSR count). The molecule has 1 unspecified atom stereocenters. The molecule has 0 amide bonds. The van der Waals surface area contributed by atoms with E-state index < -0.39 is 33.7 Å². The number of sulfonamides is 1. The number of anilines is 1. The first-order valence-electron chi connectivity index (χ1n) is 12.7. The van der Waals surface area contributed by atoms with Gasteiger partial charge in [0.1, 0.15) is 11.7 Å². The highest BCUT2D eigenvalue weighted by molar-refractivity contribution is 7.89. The Hall–Kier alpha value is -2.74. The smallest absolute Gasteiger partial charge is 0.423 e. The van der Waals surface area contributed by atoms with Gasteiger partial charge in [0.25, 0.3) is 0 Å². The first-order valence-corrected chi connectivity index (χ1v) is 14.1. The number of benzene rings is 1. The number of nitrogens with one attached hydrogen (secondary N) is 2. The highest BCUT2D eigenvalue weighted by Crippen LogP contribution is 2.36. The molecule has 1 atom stereocenters. The molecule has 206 valence electrons. The minimum absolute atomic E-state index is 0.00955. The van der Waals surface area contributed by atoms with Gasteiger partial charge >= 0.3 is 6.18 Å². The minimum Gasteiger partial charge on any atom is -0.471 e. The summed E-state index contributed by atoms with van der Waals surface area (Å²) >= 11 is 0. The van der Waals surface area contributed by atoms with E-state index in [4.69, 9.17) is 9.47 Å². The molecule has 3 aliphatic heterocycles. The number of hydrogen-bond acceptors (Lipinski definition) is 8. The summed E-state index contributed by atoms with van der Waals surface area (Å²) in [6.45, 7) is 2.85. The number of nitrogens with zero attached hydrogens (tertiary/aromatic N) is 3. The summed E-state index contributed by atoms with van der Waals surface area (Å²) in [5, 5.41) is 6.35. The number of rotatable bonds is 7. The molecule has 2 N–H and O–H groups in total. The van der Waals surface area contributed by atoms with Crippen LogP contribution < -0.4 is 15.4 Å². The minimum atomic E-state index is -4.66. The highest BCUT2D eigenvalue weighted by Gasteiger charge is 2.38. The third-order valence-electron chi connectivity index (χ3n) is 6.90. The summed E-state index contributed by atoms with van der Waals surface area (Å²) < 4.78 is 78.8. The molecular formula is C25H30F3N5O4S. The molecule has 13 heteroatoms. The van der Waals surface area contributed by atoms with E-state index in [0.717, 1.165) is 30.6 Å². The SMILES string of the molecule is O=S(=O)(c1ccc(C2=CCCNC2)cc1)N1CCC(Nc2ncc(C(F)(F)F)c(OC3CCOC3)n2)CC1. The fraction of sp³-hybridized carbons (Fsp3) is 0.520. The Morgan fingerprint density at radius 1 is 1.13 bits per heavy atom. The van der Waals surface area contributed by atoms with Crippen LogP contribution in [0.15, 0.2) is 41.4 Å². The summed E-state index contributed by atoms with van der Waals surface area (Å²) in [7, 11) is -3.67. The normalized spacial score (nSPS) is 21.8. The summed E-state index contributed by atoms with van der Waals surface area (Å²) in [6.07, 6.45) is 0.0426. The number of piperidine rings is 1. The average molecular weight is 554 g/mol. The van der Waals surface area contributed by atoms with Crippen LogP contribution >= 0.6 is 0 Å². The molecule has 4 heterocycles. The standard InChI is InChI=1S/C25H30F3N5O4S/c26-25(27,28)22-15-30-24(32-23(22)37-20-9-13-36-16-20)31-19-7-11-33(12-8-19)38(34,35)21-5-3-17(4-6-21)18-2-1-10-29-14-18/h2-6,15,19-20,29H,1,7-14,16H2,(H,30,31,32). The fourth-order valence-electron chi connectivity index (χ4n) is 4.76. The quantitative estimate of drug-likeness (QED) is 0.538. The third-order valence-corrected chi connectivity index (χ3v) is 8.82. The van der Waals surface area contributed by atoms with Crippen LogP contribution in [-0.4, -0.2) is 74.2 Å². The molecule has 2 fully saturated rings. The van der Waals surface area contributed by atoms with Gasteiger partial charge in [-0.25, -0.2) is 13.4 Å². The van der Waals surface area contributed by atoms with E-state index in [1.54, 1.807) is 12.1 Å². The van der Waals surface area contributed by atoms with Crippen molar-refractivity contribution in [3.63, 3.8) is 0 Å². The van der Waals surface area contributed by atoms with Gasteiger partial charge < -0.3 is 20.1 Å². The van der Waals surface area contributed by atoms with Gasteiger partial charge in [0, 0.05) is 38.3 Å². The van der Waals surface area contributed by atoms with Gasteiger partial charge in [-0.2, -0.15) is 22.5 Å². The van der Waals surface area contributed by atoms with Gasteiger partial charge in [0.2, 0.25) is 21.9 Å². The highest BCUT2D eigenvalue weighted by atomic mass is 32.2. The van der Waals surface area contributed by atoms with Crippen LogP contribution in [0.25, 0.3) is 5.57 Å². The molecule has 0 saturated carbocycles. The Morgan fingerprint density at radius 2 is 1.89 bits per heavy atom. The molecule has 0 bridgehead atoms. The monoisotopic (exact) mass is 553 g/mol. The summed E-state index contributed by atoms with van der Waals surface area (Å²) in [6, 6.07) is 6.74. The van der Waals surface area contributed by atoms with Crippen LogP contribution in [-0.2, 0) is 20.9 Å². The molecule has 1 aromatic heterocycles. The van der Waals surface area contributed by atoms with Crippen molar-refractivity contribution in [2.45, 2.75) is 48.9 Å². The predicted molar refractivity (Wildman–Crippen MR) is 134 cm³/mol. The van der Waals surface area contributed by atoms with Gasteiger partial charge in [-0.15, -0.1) is 0 Å². The van der Waals surface area contributed by atoms with Crippen molar-refractivity contribution in [1.82, 2.24) is 19.6 Å². The van der Waals surface area contributed by atoms with E-state index in [0.29, 0.717) is 32.1 Å². The summed E-state index contributed by atoms with van der Waals surface area (Å²) in [5.41, 5.74) is 1.11. The van der Waals surface area contributed by atoms with E-state index in [2.05, 4.69) is 26.7 Å². The first-order chi connectivity index (χ1) is 18.2. The van der Waals surface area contributed by atoms with Crippen molar-refractivity contribution in [3.8, 4) is 5.88 Å². The van der Waals surface area contributed by atoms with E-state index in [1.165, 1.54) is 4.31 Å². The molecule has 2 aromatic rings. The third kappa shape index (κ3) is 6.11. The van der Waals surface area contributed by atoms with Crippen molar-refractivity contribution < 1.29 is 31.1 Å². The molecule has 0 radical (unpaired) electrons. The molecule has 0 aliphatic carbocycles. The lowest BCUT2D eigenvalue weighted by atomic mass is 10.0. The van der Waals surface area contributed by atoms with E-state index in [-0.39, 0.29) is 36.6 Å². The Balaban J connectivity index is 1.21. The van der Waals surface area contributed by atoms with Gasteiger partial charge in [0.05, 0.1) is 18.1 Å². The molecule has 0 spiro atoms. The Kier molecular flexibility index (Phi) is 7.89. The summed E-state index contributed by atoms with van der Waals surface area (Å²) in [4.78, 5) is 8.08. The Morgan fingerprint density at radius 3 is 2.53 bits per heavy atom. The second-order valence-corrected chi connectivity index (χ2v) is 11.5. The van der Waals surface area contributed by atoms with Crippen molar-refractivity contribution in [1.29, 1.82) is 0 Å². The van der Waals surface area contributed by atoms with Crippen LogP contribution in [0, 0.1) is 0 Å². The molecular weight excluding hydrogens is 523 g/mol. The maximum Gasteiger partial charge on any atom is 0.423 e. The van der Waals surface area contributed by atoms with Crippen molar-refractivity contribution in [3.05, 3.63) is 47.7 Å². The number of aromatic nitrogens is 2. The zero-order valence-electron chi connectivity index (χ0n) is 20.7. The largest absolute Gasteiger partial charge is 0.471 e. The van der Waals surface area contributed by atoms with Crippen LogP contribution in [0.4, 0.5) is 19.1 Å². The Labute approximate surface area is 219 Å². The van der Waals surface area contributed by atoms with E-state index in [1.807, 2.05) is 12.1 Å². The summed E-state index contributed by atoms with van der Waals surface area (Å²) in [5.74, 6) is -0.524. The molecule has 2 saturated heterocycles. The number of alkyl halides is 3. The van der Waals surface area contributed by atoms with Crippen LogP contribution in [0.5, 0.6) is 5.88 Å². The average Bonchev–Trinajstić information content (AvgIpc) is 3.42. The lowest BCUT2D eigenvalue weighted by molar-refractivity contribution is -0.139. The van der Waals surface area contributed by atoms with Crippen molar-refractivity contribution in [2.75, 3.05) is 44.7 Å². The van der Waals surface area contributed by atoms with Crippen LogP contribution in [0.1, 0.15) is 36.8 Å². The second-order valence-electron chi connectivity index (χ2n) is 9.56. The maximum absolute atomic E-state index is 13.4. The maximum atomic E-state index is 13.4. The van der Waals surface area contributed by atoms with Crippen molar-refractivity contribution in [2.24, 2.45) is 0 Å². The zero-order valence-corrected chi connectivity index (χ0v) is 21.5. The lowest BCUT2D eigenvalue weighted by Gasteiger charge is -2.31. The second kappa shape index (κ2) is 11.2. The molecule has 9 nitrogen and oxygen atoms in total. The number of halogens is 3. The number of ether oxygens (including phenoxy) is 2. The first kappa shape index (κ1) is 26.9. The molecule has 1 aromatic carbocycles. The molecule has 3 aliphatic rings. The Bertz CT molecular complexity index is 1260. The van der Waals surface area contributed by atoms with E-state index >= 15 is 0 Å². The van der Waals surface area contributed by atoms with Gasteiger partial charge in [-0.1, -0.05) is 18.2 Å². The van der Waals surface area contributed by atoms with Gasteiger partial charge in [-0.05, 0) is 49.1 Å². The topological polar surface area (TPSA) is 106 Å². The molecule has 38 heavy (non-hydrogen) atoms. The van der Waals surface area contributed by atoms with Crippen LogP contribution in [0.3, 0.4) is 0 Å². The van der Waals surface area contributed by atoms with E-state index in [9.17, 15) is 21.6 Å². The predicted octanol–water partition coefficient (Wildman–Crippen LogP) is 3.31. The number of hydrogen-bond donors (Lipinski definition) is 2. The fourth-order valence-corrected chi connectivity index (χ4v) is 6.23. The lowest BCUT2D eigenvalue weighted by Crippen LogP contribution is -2.42. The van der Waals surface area contributed by atoms with Gasteiger partial charge in [0.15, 0.2) is 0 Å².